The smallest absolute Gasteiger partial charge is 0.0642 e. The molecule has 2 nitrogen and oxygen atoms in total. The van der Waals surface area contributed by atoms with Gasteiger partial charge in [0.2, 0.25) is 0 Å². The Morgan fingerprint density at radius 1 is 0.636 bits per heavy atom. The number of morpholine rings is 1. The molecule has 1 aromatic rings. The van der Waals surface area contributed by atoms with Crippen LogP contribution in [0.25, 0.3) is 0 Å². The molecule has 1 heterocycles. The summed E-state index contributed by atoms with van der Waals surface area (Å²) in [6, 6.07) is 9.90. The Morgan fingerprint density at radius 2 is 1.06 bits per heavy atom. The predicted octanol–water partition coefficient (Wildman–Crippen LogP) is 6.57. The van der Waals surface area contributed by atoms with E-state index in [4.69, 9.17) is 4.74 Å². The average Bonchev–Trinajstić information content (AvgIpc) is 2.78. The molecule has 3 heteroatoms. The molecule has 0 radical (unpaired) electrons. The van der Waals surface area contributed by atoms with E-state index in [0.29, 0.717) is 10.3 Å². The van der Waals surface area contributed by atoms with E-state index in [9.17, 15) is 0 Å². The number of para-hydroxylation sites is 1. The van der Waals surface area contributed by atoms with E-state index >= 15 is 0 Å². The van der Waals surface area contributed by atoms with Gasteiger partial charge in [-0.1, -0.05) is 26.1 Å². The van der Waals surface area contributed by atoms with Crippen molar-refractivity contribution < 1.29 is 4.74 Å². The summed E-state index contributed by atoms with van der Waals surface area (Å²) >= 11 is 0. The maximum atomic E-state index is 5.79. The zero-order chi connectivity index (χ0) is 21.6. The minimum Gasteiger partial charge on any atom is -0.378 e. The van der Waals surface area contributed by atoms with E-state index in [-0.39, 0.29) is 7.92 Å². The number of anilines is 1. The van der Waals surface area contributed by atoms with Crippen LogP contribution in [0.2, 0.25) is 0 Å². The predicted molar refractivity (Wildman–Crippen MR) is 138 cm³/mol. The first-order valence-corrected chi connectivity index (χ1v) is 15.7. The topological polar surface area (TPSA) is 12.5 Å². The first-order valence-electron chi connectivity index (χ1n) is 14.4. The van der Waals surface area contributed by atoms with Crippen LogP contribution in [0.15, 0.2) is 24.3 Å². The van der Waals surface area contributed by atoms with Crippen molar-refractivity contribution in [2.75, 3.05) is 31.2 Å². The molecule has 8 saturated carbocycles. The van der Waals surface area contributed by atoms with Gasteiger partial charge in [0.05, 0.1) is 13.2 Å². The second kappa shape index (κ2) is 7.46. The average molecular weight is 464 g/mol. The molecular weight excluding hydrogens is 421 g/mol. The Bertz CT molecular complexity index is 805. The summed E-state index contributed by atoms with van der Waals surface area (Å²) in [6.45, 7) is 3.98. The van der Waals surface area contributed by atoms with Crippen molar-refractivity contribution in [1.29, 1.82) is 0 Å². The van der Waals surface area contributed by atoms with Crippen LogP contribution in [0.1, 0.15) is 77.0 Å². The largest absolute Gasteiger partial charge is 0.378 e. The fourth-order valence-electron chi connectivity index (χ4n) is 11.4. The summed E-state index contributed by atoms with van der Waals surface area (Å²) in [6.07, 6.45) is 19.0. The van der Waals surface area contributed by atoms with Crippen molar-refractivity contribution in [3.63, 3.8) is 0 Å². The van der Waals surface area contributed by atoms with Crippen LogP contribution in [-0.4, -0.2) is 36.6 Å². The van der Waals surface area contributed by atoms with Crippen molar-refractivity contribution >= 4 is 18.9 Å². The van der Waals surface area contributed by atoms with Crippen molar-refractivity contribution in [1.82, 2.24) is 0 Å². The molecule has 9 fully saturated rings. The molecule has 1 saturated heterocycles. The van der Waals surface area contributed by atoms with E-state index in [0.717, 1.165) is 61.8 Å². The van der Waals surface area contributed by atoms with Gasteiger partial charge >= 0.3 is 0 Å². The summed E-state index contributed by atoms with van der Waals surface area (Å²) in [5.41, 5.74) is 1.62. The van der Waals surface area contributed by atoms with Gasteiger partial charge in [0.1, 0.15) is 0 Å². The van der Waals surface area contributed by atoms with E-state index < -0.39 is 0 Å². The summed E-state index contributed by atoms with van der Waals surface area (Å²) in [7, 11) is -0.132. The molecule has 8 bridgehead atoms. The maximum Gasteiger partial charge on any atom is 0.0642 e. The van der Waals surface area contributed by atoms with Crippen LogP contribution in [0.3, 0.4) is 0 Å². The number of ether oxygens (including phenoxy) is 1. The third-order valence-corrected chi connectivity index (χ3v) is 15.3. The second-order valence-electron chi connectivity index (χ2n) is 13.7. The van der Waals surface area contributed by atoms with Gasteiger partial charge in [0.15, 0.2) is 0 Å². The summed E-state index contributed by atoms with van der Waals surface area (Å²) in [5, 5.41) is 3.18. The van der Waals surface area contributed by atoms with Crippen molar-refractivity contribution in [2.24, 2.45) is 35.5 Å². The lowest BCUT2D eigenvalue weighted by molar-refractivity contribution is 0.0195. The maximum absolute atomic E-state index is 5.79. The lowest BCUT2D eigenvalue weighted by atomic mass is 9.55. The Balaban J connectivity index is 1.29. The molecule has 0 atom stereocenters. The van der Waals surface area contributed by atoms with Gasteiger partial charge in [-0.15, -0.1) is 0 Å². The lowest BCUT2D eigenvalue weighted by Gasteiger charge is -2.67. The molecule has 9 aliphatic rings. The van der Waals surface area contributed by atoms with Crippen LogP contribution >= 0.6 is 7.92 Å². The lowest BCUT2D eigenvalue weighted by Crippen LogP contribution is -2.58. The van der Waals surface area contributed by atoms with Crippen LogP contribution in [0.4, 0.5) is 5.69 Å². The normalized spacial score (nSPS) is 48.4. The van der Waals surface area contributed by atoms with E-state index in [1.54, 1.807) is 82.7 Å². The van der Waals surface area contributed by atoms with Crippen LogP contribution in [-0.2, 0) is 4.74 Å². The third-order valence-electron chi connectivity index (χ3n) is 11.4. The highest BCUT2D eigenvalue weighted by Crippen LogP contribution is 2.78. The molecule has 0 N–H and O–H groups in total. The SMILES string of the molecule is c1ccc(P(C23CC4CC(CC(C4)C2)C3)C23CC4CC(CC(C4)C2)C3)c(N2CCOCC2)c1. The third kappa shape index (κ3) is 3.18. The van der Waals surface area contributed by atoms with E-state index in [1.165, 1.54) is 0 Å². The number of rotatable bonds is 4. The zero-order valence-corrected chi connectivity index (χ0v) is 21.3. The zero-order valence-electron chi connectivity index (χ0n) is 20.4. The van der Waals surface area contributed by atoms with Gasteiger partial charge in [-0.25, -0.2) is 0 Å². The van der Waals surface area contributed by atoms with Crippen LogP contribution in [0, 0.1) is 35.5 Å². The van der Waals surface area contributed by atoms with E-state index in [1.807, 2.05) is 5.30 Å². The second-order valence-corrected chi connectivity index (χ2v) is 16.8. The molecule has 10 rings (SSSR count). The van der Waals surface area contributed by atoms with Crippen molar-refractivity contribution in [3.8, 4) is 0 Å². The molecule has 178 valence electrons. The molecule has 0 unspecified atom stereocenters. The molecule has 0 amide bonds. The number of benzene rings is 1. The highest BCUT2D eigenvalue weighted by atomic mass is 31.1. The Hall–Kier alpha value is -0.590. The van der Waals surface area contributed by atoms with Gasteiger partial charge in [-0.3, -0.25) is 0 Å². The number of hydrogen-bond donors (Lipinski definition) is 0. The Labute approximate surface area is 202 Å². The number of hydrogen-bond acceptors (Lipinski definition) is 2. The van der Waals surface area contributed by atoms with E-state index in [2.05, 4.69) is 29.2 Å². The first kappa shape index (κ1) is 20.6. The van der Waals surface area contributed by atoms with Gasteiger partial charge < -0.3 is 9.64 Å². The van der Waals surface area contributed by atoms with Gasteiger partial charge in [0, 0.05) is 24.1 Å². The van der Waals surface area contributed by atoms with Crippen molar-refractivity contribution in [3.05, 3.63) is 24.3 Å². The molecular formula is C30H42NOP. The Kier molecular flexibility index (Phi) is 4.65. The molecule has 1 aromatic carbocycles. The highest BCUT2D eigenvalue weighted by molar-refractivity contribution is 7.69. The first-order chi connectivity index (χ1) is 16.2. The molecule has 8 aliphatic carbocycles. The van der Waals surface area contributed by atoms with Crippen molar-refractivity contribution in [2.45, 2.75) is 87.4 Å². The minimum absolute atomic E-state index is 0.132. The molecule has 0 spiro atoms. The fourth-order valence-corrected chi connectivity index (χ4v) is 16.8. The standard InChI is InChI=1S/C30H42NOP/c1-2-4-28(27(3-1)31-5-7-32-8-6-31)33(29-15-21-9-22(16-29)11-23(10-21)17-29)30-18-24-12-25(19-30)14-26(13-24)20-30/h1-4,21-26H,5-20H2. The number of nitrogens with zero attached hydrogens (tertiary/aromatic N) is 1. The monoisotopic (exact) mass is 463 g/mol. The fraction of sp³-hybridized carbons (Fsp3) is 0.800. The molecule has 33 heavy (non-hydrogen) atoms. The highest BCUT2D eigenvalue weighted by Gasteiger charge is 2.63. The van der Waals surface area contributed by atoms with Crippen LogP contribution < -0.4 is 10.2 Å². The molecule has 0 aromatic heterocycles. The van der Waals surface area contributed by atoms with Gasteiger partial charge in [-0.05, 0) is 129 Å². The minimum atomic E-state index is -0.132. The summed E-state index contributed by atoms with van der Waals surface area (Å²) in [4.78, 5) is 2.72. The molecule has 1 aliphatic heterocycles. The summed E-state index contributed by atoms with van der Waals surface area (Å²) < 4.78 is 5.79. The summed E-state index contributed by atoms with van der Waals surface area (Å²) in [5.74, 6) is 6.37. The van der Waals surface area contributed by atoms with Crippen LogP contribution in [0.5, 0.6) is 0 Å². The van der Waals surface area contributed by atoms with Gasteiger partial charge in [-0.2, -0.15) is 0 Å². The quantitative estimate of drug-likeness (QED) is 0.468. The Morgan fingerprint density at radius 3 is 1.52 bits per heavy atom. The van der Waals surface area contributed by atoms with Gasteiger partial charge in [0.25, 0.3) is 0 Å².